The predicted molar refractivity (Wildman–Crippen MR) is 62.3 cm³/mol. The van der Waals surface area contributed by atoms with Crippen LogP contribution in [-0.4, -0.2) is 24.8 Å². The minimum atomic E-state index is -1.05. The molecule has 0 amide bonds. The number of pyridine rings is 1. The summed E-state index contributed by atoms with van der Waals surface area (Å²) in [5.41, 5.74) is -0.527. The van der Waals surface area contributed by atoms with Crippen molar-refractivity contribution in [2.75, 3.05) is 0 Å². The maximum atomic E-state index is 13.1. The molecule has 2 bridgehead atoms. The van der Waals surface area contributed by atoms with Gasteiger partial charge in [-0.25, -0.2) is 4.39 Å². The van der Waals surface area contributed by atoms with Crippen molar-refractivity contribution in [2.45, 2.75) is 41.8 Å². The Hall–Kier alpha value is -0.810. The smallest absolute Gasteiger partial charge is 0.141 e. The topological polar surface area (TPSA) is 50.2 Å². The summed E-state index contributed by atoms with van der Waals surface area (Å²) in [5.74, 6) is -0.435. The molecule has 0 aromatic carbocycles. The molecule has 5 heteroatoms. The second-order valence-corrected chi connectivity index (χ2v) is 6.97. The summed E-state index contributed by atoms with van der Waals surface area (Å²) in [6.45, 7) is 0. The van der Waals surface area contributed by atoms with Gasteiger partial charge < -0.3 is 5.11 Å². The Labute approximate surface area is 102 Å². The Morgan fingerprint density at radius 1 is 1.35 bits per heavy atom. The first-order chi connectivity index (χ1) is 8.08. The maximum absolute atomic E-state index is 13.1. The van der Waals surface area contributed by atoms with E-state index in [9.17, 15) is 13.7 Å². The third-order valence-corrected chi connectivity index (χ3v) is 5.96. The van der Waals surface area contributed by atoms with E-state index in [1.54, 1.807) is 0 Å². The van der Waals surface area contributed by atoms with E-state index in [-0.39, 0.29) is 10.5 Å². The lowest BCUT2D eigenvalue weighted by atomic mass is 9.87. The van der Waals surface area contributed by atoms with E-state index < -0.39 is 22.2 Å². The summed E-state index contributed by atoms with van der Waals surface area (Å²) in [6.07, 6.45) is 5.37. The fraction of sp³-hybridized carbons (Fsp3) is 0.583. The van der Waals surface area contributed by atoms with Crippen LogP contribution in [-0.2, 0) is 16.4 Å². The zero-order valence-electron chi connectivity index (χ0n) is 9.30. The van der Waals surface area contributed by atoms with E-state index in [4.69, 9.17) is 0 Å². The molecule has 0 radical (unpaired) electrons. The van der Waals surface area contributed by atoms with Crippen molar-refractivity contribution in [3.8, 4) is 0 Å². The number of aliphatic hydroxyl groups is 1. The van der Waals surface area contributed by atoms with E-state index in [0.717, 1.165) is 19.0 Å². The van der Waals surface area contributed by atoms with Gasteiger partial charge in [-0.15, -0.1) is 0 Å². The first-order valence-corrected chi connectivity index (χ1v) is 7.09. The Balaban J connectivity index is 1.95. The van der Waals surface area contributed by atoms with Gasteiger partial charge in [0.15, 0.2) is 0 Å². The van der Waals surface area contributed by atoms with E-state index in [1.807, 2.05) is 0 Å². The van der Waals surface area contributed by atoms with Gasteiger partial charge in [0.25, 0.3) is 0 Å². The average molecular weight is 255 g/mol. The molecule has 0 aliphatic carbocycles. The lowest BCUT2D eigenvalue weighted by Crippen LogP contribution is -2.40. The highest BCUT2D eigenvalue weighted by molar-refractivity contribution is 7.86. The Bertz CT molecular complexity index is 463. The number of rotatable bonds is 1. The van der Waals surface area contributed by atoms with Crippen molar-refractivity contribution in [2.24, 2.45) is 0 Å². The second kappa shape index (κ2) is 3.85. The van der Waals surface area contributed by atoms with Crippen LogP contribution < -0.4 is 0 Å². The zero-order valence-corrected chi connectivity index (χ0v) is 10.1. The molecule has 2 aliphatic heterocycles. The molecule has 2 unspecified atom stereocenters. The summed E-state index contributed by atoms with van der Waals surface area (Å²) in [7, 11) is -0.818. The highest BCUT2D eigenvalue weighted by Crippen LogP contribution is 2.45. The van der Waals surface area contributed by atoms with Crippen LogP contribution in [0.2, 0.25) is 0 Å². The third kappa shape index (κ3) is 1.81. The van der Waals surface area contributed by atoms with Crippen molar-refractivity contribution >= 4 is 10.8 Å². The van der Waals surface area contributed by atoms with Gasteiger partial charge in [-0.05, 0) is 31.7 Å². The molecule has 0 saturated carbocycles. The second-order valence-electron chi connectivity index (χ2n) is 4.98. The first kappa shape index (κ1) is 11.3. The van der Waals surface area contributed by atoms with Crippen LogP contribution in [0.5, 0.6) is 0 Å². The van der Waals surface area contributed by atoms with Crippen molar-refractivity contribution in [3.63, 3.8) is 0 Å². The zero-order chi connectivity index (χ0) is 12.0. The molecule has 1 aromatic rings. The summed E-state index contributed by atoms with van der Waals surface area (Å²) in [4.78, 5) is 3.78. The van der Waals surface area contributed by atoms with Crippen LogP contribution in [0.3, 0.4) is 0 Å². The quantitative estimate of drug-likeness (QED) is 0.827. The minimum Gasteiger partial charge on any atom is -0.385 e. The Kier molecular flexibility index (Phi) is 2.56. The van der Waals surface area contributed by atoms with E-state index in [1.165, 1.54) is 12.3 Å². The predicted octanol–water partition coefficient (Wildman–Crippen LogP) is 1.48. The van der Waals surface area contributed by atoms with Crippen LogP contribution in [0, 0.1) is 5.82 Å². The van der Waals surface area contributed by atoms with Crippen LogP contribution in [0.25, 0.3) is 0 Å². The molecule has 1 aromatic heterocycles. The van der Waals surface area contributed by atoms with Gasteiger partial charge in [-0.2, -0.15) is 0 Å². The molecule has 2 fully saturated rings. The largest absolute Gasteiger partial charge is 0.385 e. The fourth-order valence-corrected chi connectivity index (χ4v) is 5.14. The number of halogens is 1. The van der Waals surface area contributed by atoms with Crippen LogP contribution in [0.1, 0.15) is 31.2 Å². The standard InChI is InChI=1S/C12H14FNO2S/c13-9-3-8(6-14-7-9)12(15)4-10-1-2-11(5-12)17(10)16/h3,6-7,10-11,15H,1-2,4-5H2. The van der Waals surface area contributed by atoms with Gasteiger partial charge >= 0.3 is 0 Å². The number of fused-ring (bicyclic) bond motifs is 2. The van der Waals surface area contributed by atoms with Crippen molar-refractivity contribution in [1.82, 2.24) is 4.98 Å². The van der Waals surface area contributed by atoms with Gasteiger partial charge in [0.2, 0.25) is 0 Å². The molecule has 2 atom stereocenters. The monoisotopic (exact) mass is 255 g/mol. The first-order valence-electron chi connectivity index (χ1n) is 5.81. The molecular formula is C12H14FNO2S. The number of aromatic nitrogens is 1. The minimum absolute atomic E-state index is 0.0574. The van der Waals surface area contributed by atoms with E-state index in [0.29, 0.717) is 18.4 Å². The third-order valence-electron chi connectivity index (χ3n) is 3.84. The molecule has 0 spiro atoms. The van der Waals surface area contributed by atoms with Gasteiger partial charge in [0.05, 0.1) is 11.8 Å². The average Bonchev–Trinajstić information content (AvgIpc) is 2.53. The highest BCUT2D eigenvalue weighted by Gasteiger charge is 2.48. The van der Waals surface area contributed by atoms with Crippen molar-refractivity contribution < 1.29 is 13.7 Å². The molecule has 92 valence electrons. The van der Waals surface area contributed by atoms with Crippen LogP contribution in [0.4, 0.5) is 4.39 Å². The Morgan fingerprint density at radius 2 is 2.00 bits per heavy atom. The number of hydrogen-bond donors (Lipinski definition) is 1. The summed E-state index contributed by atoms with van der Waals surface area (Å²) < 4.78 is 25.0. The number of hydrogen-bond acceptors (Lipinski definition) is 3. The van der Waals surface area contributed by atoms with Gasteiger partial charge in [0.1, 0.15) is 5.82 Å². The molecule has 2 saturated heterocycles. The van der Waals surface area contributed by atoms with Crippen molar-refractivity contribution in [1.29, 1.82) is 0 Å². The Morgan fingerprint density at radius 3 is 2.59 bits per heavy atom. The summed E-state index contributed by atoms with van der Waals surface area (Å²) in [6, 6.07) is 1.33. The van der Waals surface area contributed by atoms with Crippen LogP contribution >= 0.6 is 0 Å². The molecular weight excluding hydrogens is 241 g/mol. The van der Waals surface area contributed by atoms with Gasteiger partial charge in [-0.3, -0.25) is 9.19 Å². The lowest BCUT2D eigenvalue weighted by Gasteiger charge is -2.35. The van der Waals surface area contributed by atoms with Crippen molar-refractivity contribution in [3.05, 3.63) is 29.8 Å². The SMILES string of the molecule is O=S1C2CCC1CC(O)(c1cncc(F)c1)C2. The molecule has 2 aliphatic rings. The molecule has 3 heterocycles. The van der Waals surface area contributed by atoms with E-state index >= 15 is 0 Å². The number of nitrogens with zero attached hydrogens (tertiary/aromatic N) is 1. The normalized spacial score (nSPS) is 40.5. The molecule has 17 heavy (non-hydrogen) atoms. The summed E-state index contributed by atoms with van der Waals surface area (Å²) in [5, 5.41) is 10.7. The van der Waals surface area contributed by atoms with Gasteiger partial charge in [-0.1, -0.05) is 0 Å². The van der Waals surface area contributed by atoms with Crippen LogP contribution in [0.15, 0.2) is 18.5 Å². The van der Waals surface area contributed by atoms with Gasteiger partial charge in [0, 0.05) is 33.1 Å². The molecule has 3 rings (SSSR count). The van der Waals surface area contributed by atoms with E-state index in [2.05, 4.69) is 4.98 Å². The lowest BCUT2D eigenvalue weighted by molar-refractivity contribution is 0.0178. The molecule has 1 N–H and O–H groups in total. The fourth-order valence-electron chi connectivity index (χ4n) is 2.98. The highest BCUT2D eigenvalue weighted by atomic mass is 32.2. The maximum Gasteiger partial charge on any atom is 0.141 e. The molecule has 3 nitrogen and oxygen atoms in total. The summed E-state index contributed by atoms with van der Waals surface area (Å²) >= 11 is 0.